The van der Waals surface area contributed by atoms with Crippen LogP contribution in [0.1, 0.15) is 0 Å². The van der Waals surface area contributed by atoms with Crippen molar-refractivity contribution >= 4 is 15.3 Å². The van der Waals surface area contributed by atoms with Crippen LogP contribution >= 0.6 is 0 Å². The fourth-order valence-corrected chi connectivity index (χ4v) is 2.59. The molecule has 0 saturated carbocycles. The second-order valence-electron chi connectivity index (χ2n) is 3.80. The van der Waals surface area contributed by atoms with E-state index in [9.17, 15) is 5.11 Å². The summed E-state index contributed by atoms with van der Waals surface area (Å²) in [5.74, 6) is 0.659. The van der Waals surface area contributed by atoms with Crippen LogP contribution in [0.5, 0.6) is 5.75 Å². The number of para-hydroxylation sites is 2. The Morgan fingerprint density at radius 3 is 2.65 bits per heavy atom. The van der Waals surface area contributed by atoms with Crippen LogP contribution in [-0.2, 0) is 18.3 Å². The molecule has 0 radical (unpaired) electrons. The van der Waals surface area contributed by atoms with Gasteiger partial charge < -0.3 is 0 Å². The van der Waals surface area contributed by atoms with Crippen molar-refractivity contribution in [2.45, 2.75) is 0 Å². The van der Waals surface area contributed by atoms with Crippen molar-refractivity contribution in [3.8, 4) is 17.2 Å². The number of oxazole rings is 1. The van der Waals surface area contributed by atoms with E-state index in [4.69, 9.17) is 4.42 Å². The van der Waals surface area contributed by atoms with Gasteiger partial charge in [-0.3, -0.25) is 0 Å². The van der Waals surface area contributed by atoms with Crippen molar-refractivity contribution < 1.29 is 27.8 Å². The normalized spacial score (nSPS) is 10.9. The van der Waals surface area contributed by atoms with Gasteiger partial charge in [0.25, 0.3) is 0 Å². The van der Waals surface area contributed by atoms with Gasteiger partial charge in [-0.1, -0.05) is 0 Å². The molecule has 0 atom stereocenters. The molecular weight excluding hydrogens is 268 g/mol. The molecule has 4 heteroatoms. The molecule has 0 fully saturated rings. The first-order valence-corrected chi connectivity index (χ1v) is 6.74. The van der Waals surface area contributed by atoms with Gasteiger partial charge in [-0.25, -0.2) is 0 Å². The Labute approximate surface area is 108 Å². The molecule has 0 unspecified atom stereocenters. The molecule has 17 heavy (non-hydrogen) atoms. The maximum absolute atomic E-state index is 9.77. The number of benzene rings is 2. The van der Waals surface area contributed by atoms with Crippen molar-refractivity contribution in [2.75, 3.05) is 0 Å². The van der Waals surface area contributed by atoms with E-state index in [1.54, 1.807) is 18.2 Å². The number of rotatable bonds is 1. The summed E-state index contributed by atoms with van der Waals surface area (Å²) in [6, 6.07) is 13.0. The number of phenols is 1. The molecular formula is C13H8NO2Zn. The molecule has 3 rings (SSSR count). The van der Waals surface area contributed by atoms with Crippen LogP contribution < -0.4 is 4.16 Å². The summed E-state index contributed by atoms with van der Waals surface area (Å²) in [6.45, 7) is 0. The Bertz CT molecular complexity index is 691. The summed E-state index contributed by atoms with van der Waals surface area (Å²) in [7, 11) is 0. The fraction of sp³-hybridized carbons (Fsp3) is 0. The second kappa shape index (κ2) is 3.97. The molecule has 79 valence electrons. The van der Waals surface area contributed by atoms with Crippen molar-refractivity contribution in [2.24, 2.45) is 0 Å². The molecule has 1 N–H and O–H groups in total. The van der Waals surface area contributed by atoms with E-state index in [2.05, 4.69) is 4.98 Å². The molecule has 0 saturated heterocycles. The Kier molecular flexibility index (Phi) is 2.45. The van der Waals surface area contributed by atoms with Crippen LogP contribution in [0.15, 0.2) is 46.9 Å². The zero-order chi connectivity index (χ0) is 11.8. The molecule has 0 spiro atoms. The zero-order valence-corrected chi connectivity index (χ0v) is 12.0. The van der Waals surface area contributed by atoms with Gasteiger partial charge >= 0.3 is 108 Å². The fourth-order valence-electron chi connectivity index (χ4n) is 1.78. The summed E-state index contributed by atoms with van der Waals surface area (Å²) in [5.41, 5.74) is 2.29. The predicted octanol–water partition coefficient (Wildman–Crippen LogP) is 2.37. The first-order chi connectivity index (χ1) is 8.25. The molecule has 0 aliphatic heterocycles. The van der Waals surface area contributed by atoms with Gasteiger partial charge in [-0.2, -0.15) is 0 Å². The third-order valence-electron chi connectivity index (χ3n) is 2.64. The molecule has 3 aromatic rings. The number of hydrogen-bond donors (Lipinski definition) is 1. The molecule has 0 aliphatic rings. The topological polar surface area (TPSA) is 46.3 Å². The van der Waals surface area contributed by atoms with Crippen LogP contribution in [0.4, 0.5) is 0 Å². The van der Waals surface area contributed by atoms with E-state index in [1.807, 2.05) is 24.3 Å². The van der Waals surface area contributed by atoms with E-state index in [1.165, 1.54) is 4.16 Å². The quantitative estimate of drug-likeness (QED) is 0.694. The summed E-state index contributed by atoms with van der Waals surface area (Å²) >= 11 is 1.03. The molecule has 0 bridgehead atoms. The Hall–Kier alpha value is -1.67. The average molecular weight is 276 g/mol. The summed E-state index contributed by atoms with van der Waals surface area (Å²) in [4.78, 5) is 4.45. The summed E-state index contributed by atoms with van der Waals surface area (Å²) in [6.07, 6.45) is 0. The monoisotopic (exact) mass is 274 g/mol. The van der Waals surface area contributed by atoms with Gasteiger partial charge in [0.2, 0.25) is 0 Å². The molecule has 2 aromatic carbocycles. The number of hydrogen-bond acceptors (Lipinski definition) is 3. The molecule has 0 aliphatic carbocycles. The molecule has 0 amide bonds. The van der Waals surface area contributed by atoms with E-state index in [0.29, 0.717) is 11.5 Å². The first-order valence-electron chi connectivity index (χ1n) is 5.25. The van der Waals surface area contributed by atoms with Crippen molar-refractivity contribution in [3.63, 3.8) is 0 Å². The number of fused-ring (bicyclic) bond motifs is 1. The summed E-state index contributed by atoms with van der Waals surface area (Å²) in [5, 5.41) is 9.77. The minimum absolute atomic E-state index is 0.188. The van der Waals surface area contributed by atoms with Crippen molar-refractivity contribution in [1.82, 2.24) is 4.98 Å². The average Bonchev–Trinajstić information content (AvgIpc) is 2.75. The number of phenolic OH excluding ortho intramolecular Hbond substituents is 1. The third-order valence-corrected chi connectivity index (χ3v) is 3.83. The van der Waals surface area contributed by atoms with Gasteiger partial charge in [-0.15, -0.1) is 0 Å². The number of aromatic nitrogens is 1. The molecule has 3 nitrogen and oxygen atoms in total. The third kappa shape index (κ3) is 1.75. The van der Waals surface area contributed by atoms with Crippen LogP contribution in [0.3, 0.4) is 0 Å². The van der Waals surface area contributed by atoms with Gasteiger partial charge in [0, 0.05) is 0 Å². The minimum atomic E-state index is 0.188. The van der Waals surface area contributed by atoms with E-state index >= 15 is 0 Å². The Morgan fingerprint density at radius 1 is 1.06 bits per heavy atom. The first kappa shape index (κ1) is 10.5. The Balaban J connectivity index is 2.26. The predicted molar refractivity (Wildman–Crippen MR) is 60.7 cm³/mol. The van der Waals surface area contributed by atoms with E-state index in [-0.39, 0.29) is 5.75 Å². The second-order valence-corrected chi connectivity index (χ2v) is 5.40. The summed E-state index contributed by atoms with van der Waals surface area (Å²) < 4.78 is 6.85. The van der Waals surface area contributed by atoms with Gasteiger partial charge in [0.15, 0.2) is 0 Å². The molecule has 1 aromatic heterocycles. The number of nitrogens with zero attached hydrogens (tertiary/aromatic N) is 1. The maximum atomic E-state index is 9.77. The van der Waals surface area contributed by atoms with Gasteiger partial charge in [-0.05, 0) is 0 Å². The van der Waals surface area contributed by atoms with Crippen LogP contribution in [0, 0.1) is 0 Å². The van der Waals surface area contributed by atoms with Crippen molar-refractivity contribution in [3.05, 3.63) is 42.5 Å². The van der Waals surface area contributed by atoms with Gasteiger partial charge in [0.05, 0.1) is 0 Å². The van der Waals surface area contributed by atoms with Crippen LogP contribution in [-0.4, -0.2) is 10.1 Å². The van der Waals surface area contributed by atoms with Crippen LogP contribution in [0.2, 0.25) is 0 Å². The SMILES string of the molecule is Oc1ccccc1-c1nc2[c]([Zn])cccc2o1. The van der Waals surface area contributed by atoms with E-state index in [0.717, 1.165) is 29.4 Å². The van der Waals surface area contributed by atoms with Crippen LogP contribution in [0.25, 0.3) is 22.6 Å². The molecule has 1 heterocycles. The number of aromatic hydroxyl groups is 1. The zero-order valence-electron chi connectivity index (χ0n) is 9.05. The van der Waals surface area contributed by atoms with Gasteiger partial charge in [0.1, 0.15) is 0 Å². The van der Waals surface area contributed by atoms with E-state index < -0.39 is 0 Å². The Morgan fingerprint density at radius 2 is 1.88 bits per heavy atom. The standard InChI is InChI=1S/C13H8NO2.Zn/c15-11-7-3-1-5-9(11)13-14-10-6-2-4-8-12(10)16-13;/h1-5,7-8,15H;. The van der Waals surface area contributed by atoms with Crippen molar-refractivity contribution in [1.29, 1.82) is 0 Å².